The summed E-state index contributed by atoms with van der Waals surface area (Å²) in [6.07, 6.45) is -3.11. The third kappa shape index (κ3) is 4.08. The summed E-state index contributed by atoms with van der Waals surface area (Å²) in [4.78, 5) is 35.6. The van der Waals surface area contributed by atoms with Crippen LogP contribution in [0.2, 0.25) is 0 Å². The highest BCUT2D eigenvalue weighted by atomic mass is 19.4. The smallest absolute Gasteiger partial charge is 0.417 e. The van der Waals surface area contributed by atoms with Crippen LogP contribution < -0.4 is 20.9 Å². The number of nitrogens with zero attached hydrogens (tertiary/aromatic N) is 3. The van der Waals surface area contributed by atoms with Crippen LogP contribution in [0.4, 0.5) is 19.1 Å². The highest BCUT2D eigenvalue weighted by Gasteiger charge is 2.42. The number of pyridine rings is 1. The van der Waals surface area contributed by atoms with E-state index in [2.05, 4.69) is 15.0 Å². The van der Waals surface area contributed by atoms with Gasteiger partial charge in [0.1, 0.15) is 18.0 Å². The van der Waals surface area contributed by atoms with E-state index in [1.54, 1.807) is 4.90 Å². The van der Waals surface area contributed by atoms with E-state index < -0.39 is 29.4 Å². The van der Waals surface area contributed by atoms with E-state index >= 15 is 0 Å². The molecule has 4 rings (SSSR count). The second-order valence-corrected chi connectivity index (χ2v) is 7.09. The van der Waals surface area contributed by atoms with Gasteiger partial charge in [0.2, 0.25) is 11.8 Å². The number of halogens is 3. The van der Waals surface area contributed by atoms with Gasteiger partial charge in [-0.05, 0) is 12.5 Å². The summed E-state index contributed by atoms with van der Waals surface area (Å²) < 4.78 is 49.6. The number of nitrogens with two attached hydrogens (primary N) is 1. The molecule has 0 aromatic carbocycles. The standard InChI is InChI=1S/C18H18F3N5O4/c19-18(20,21)9-1-2-14(23-8-9)30-11-5-10-3-4-29-15(6-11)26(10)17-24-12(16(22)28)7-13(27)25-17/h1-2,7-8,10-11,15H,3-6H2,(H2,22,28)(H,24,25,27). The number of aromatic nitrogens is 3. The van der Waals surface area contributed by atoms with Crippen molar-refractivity contribution < 1.29 is 27.4 Å². The van der Waals surface area contributed by atoms with E-state index in [4.69, 9.17) is 15.2 Å². The number of carbonyl (C=O) groups excluding carboxylic acids is 1. The predicted octanol–water partition coefficient (Wildman–Crippen LogP) is 1.45. The molecular weight excluding hydrogens is 407 g/mol. The second-order valence-electron chi connectivity index (χ2n) is 7.09. The van der Waals surface area contributed by atoms with Crippen LogP contribution in [0.1, 0.15) is 35.3 Å². The van der Waals surface area contributed by atoms with Crippen molar-refractivity contribution in [1.82, 2.24) is 15.0 Å². The normalized spacial score (nSPS) is 23.8. The average Bonchev–Trinajstić information content (AvgIpc) is 2.66. The molecule has 12 heteroatoms. The molecule has 3 N–H and O–H groups in total. The number of amides is 1. The number of alkyl halides is 3. The van der Waals surface area contributed by atoms with Gasteiger partial charge < -0.3 is 20.1 Å². The van der Waals surface area contributed by atoms with E-state index in [1.807, 2.05) is 0 Å². The first kappa shape index (κ1) is 20.1. The minimum Gasteiger partial charge on any atom is -0.474 e. The Kier molecular flexibility index (Phi) is 5.10. The maximum absolute atomic E-state index is 12.7. The van der Waals surface area contributed by atoms with Crippen molar-refractivity contribution in [3.8, 4) is 5.88 Å². The van der Waals surface area contributed by atoms with Crippen molar-refractivity contribution in [2.24, 2.45) is 5.73 Å². The molecule has 0 aliphatic carbocycles. The summed E-state index contributed by atoms with van der Waals surface area (Å²) in [5, 5.41) is 0. The summed E-state index contributed by atoms with van der Waals surface area (Å²) in [5.74, 6) is -0.557. The van der Waals surface area contributed by atoms with Crippen molar-refractivity contribution in [3.05, 3.63) is 46.0 Å². The SMILES string of the molecule is NC(=O)c1cc(=O)[nH]c(N2C3CCOC2CC(Oc2ccc(C(F)(F)F)cn2)C3)n1. The van der Waals surface area contributed by atoms with Gasteiger partial charge in [0.25, 0.3) is 11.5 Å². The molecule has 0 radical (unpaired) electrons. The predicted molar refractivity (Wildman–Crippen MR) is 96.9 cm³/mol. The lowest BCUT2D eigenvalue weighted by Crippen LogP contribution is -2.57. The fourth-order valence-electron chi connectivity index (χ4n) is 3.72. The Balaban J connectivity index is 1.51. The number of rotatable bonds is 4. The Hall–Kier alpha value is -3.15. The molecule has 2 aromatic heterocycles. The van der Waals surface area contributed by atoms with Crippen molar-refractivity contribution >= 4 is 11.9 Å². The molecule has 3 atom stereocenters. The maximum atomic E-state index is 12.7. The lowest BCUT2D eigenvalue weighted by molar-refractivity contribution is -0.137. The van der Waals surface area contributed by atoms with Gasteiger partial charge in [-0.2, -0.15) is 13.2 Å². The number of H-pyrrole nitrogens is 1. The van der Waals surface area contributed by atoms with Crippen LogP contribution in [0, 0.1) is 0 Å². The van der Waals surface area contributed by atoms with Crippen LogP contribution in [-0.2, 0) is 10.9 Å². The van der Waals surface area contributed by atoms with Gasteiger partial charge in [0.15, 0.2) is 0 Å². The fraction of sp³-hybridized carbons (Fsp3) is 0.444. The van der Waals surface area contributed by atoms with E-state index in [9.17, 15) is 22.8 Å². The summed E-state index contributed by atoms with van der Waals surface area (Å²) in [5.41, 5.74) is 3.72. The quantitative estimate of drug-likeness (QED) is 0.760. The van der Waals surface area contributed by atoms with Crippen molar-refractivity contribution in [1.29, 1.82) is 0 Å². The molecular formula is C18H18F3N5O4. The number of hydrogen-bond acceptors (Lipinski definition) is 7. The molecule has 0 saturated carbocycles. The van der Waals surface area contributed by atoms with Gasteiger partial charge in [0.05, 0.1) is 12.2 Å². The van der Waals surface area contributed by atoms with Gasteiger partial charge in [-0.15, -0.1) is 0 Å². The minimum absolute atomic E-state index is 0.0850. The number of hydrogen-bond donors (Lipinski definition) is 2. The number of primary amides is 1. The molecule has 2 fully saturated rings. The number of ether oxygens (including phenoxy) is 2. The van der Waals surface area contributed by atoms with E-state index in [-0.39, 0.29) is 29.7 Å². The van der Waals surface area contributed by atoms with Crippen LogP contribution in [0.15, 0.2) is 29.2 Å². The zero-order chi connectivity index (χ0) is 21.5. The first-order valence-corrected chi connectivity index (χ1v) is 9.22. The third-order valence-electron chi connectivity index (χ3n) is 5.04. The Morgan fingerprint density at radius 2 is 2.13 bits per heavy atom. The number of nitrogens with one attached hydrogen (secondary N) is 1. The van der Waals surface area contributed by atoms with Crippen molar-refractivity contribution in [2.45, 2.75) is 43.8 Å². The summed E-state index contributed by atoms with van der Waals surface area (Å²) in [7, 11) is 0. The van der Waals surface area contributed by atoms with E-state index in [0.29, 0.717) is 25.9 Å². The number of fused-ring (bicyclic) bond motifs is 2. The lowest BCUT2D eigenvalue weighted by Gasteiger charge is -2.48. The third-order valence-corrected chi connectivity index (χ3v) is 5.04. The largest absolute Gasteiger partial charge is 0.474 e. The molecule has 1 amide bonds. The van der Waals surface area contributed by atoms with E-state index in [1.165, 1.54) is 6.07 Å². The van der Waals surface area contributed by atoms with Crippen molar-refractivity contribution in [2.75, 3.05) is 11.5 Å². The van der Waals surface area contributed by atoms with Gasteiger partial charge in [-0.25, -0.2) is 9.97 Å². The molecule has 160 valence electrons. The van der Waals surface area contributed by atoms with Crippen LogP contribution in [0.25, 0.3) is 0 Å². The number of aromatic amines is 1. The Bertz CT molecular complexity index is 981. The van der Waals surface area contributed by atoms with Crippen LogP contribution >= 0.6 is 0 Å². The van der Waals surface area contributed by atoms with Crippen molar-refractivity contribution in [3.63, 3.8) is 0 Å². The van der Waals surface area contributed by atoms with Gasteiger partial charge >= 0.3 is 6.18 Å². The topological polar surface area (TPSA) is 123 Å². The first-order chi connectivity index (χ1) is 14.2. The molecule has 2 saturated heterocycles. The van der Waals surface area contributed by atoms with E-state index in [0.717, 1.165) is 18.3 Å². The highest BCUT2D eigenvalue weighted by Crippen LogP contribution is 2.35. The molecule has 4 heterocycles. The molecule has 3 unspecified atom stereocenters. The zero-order valence-corrected chi connectivity index (χ0v) is 15.6. The second kappa shape index (κ2) is 7.59. The number of piperidine rings is 1. The molecule has 9 nitrogen and oxygen atoms in total. The van der Waals surface area contributed by atoms with Crippen LogP contribution in [0.5, 0.6) is 5.88 Å². The highest BCUT2D eigenvalue weighted by molar-refractivity contribution is 5.90. The molecule has 0 spiro atoms. The first-order valence-electron chi connectivity index (χ1n) is 9.22. The molecule has 2 aliphatic rings. The zero-order valence-electron chi connectivity index (χ0n) is 15.6. The summed E-state index contributed by atoms with van der Waals surface area (Å²) in [6.45, 7) is 0.497. The monoisotopic (exact) mass is 425 g/mol. The van der Waals surface area contributed by atoms with Gasteiger partial charge in [-0.3, -0.25) is 14.6 Å². The lowest BCUT2D eigenvalue weighted by atomic mass is 9.94. The van der Waals surface area contributed by atoms with Crippen LogP contribution in [0.3, 0.4) is 0 Å². The van der Waals surface area contributed by atoms with Gasteiger partial charge in [-0.1, -0.05) is 0 Å². The number of carbonyl (C=O) groups is 1. The average molecular weight is 425 g/mol. The fourth-order valence-corrected chi connectivity index (χ4v) is 3.72. The van der Waals surface area contributed by atoms with Gasteiger partial charge in [0, 0.05) is 37.2 Å². The Labute approximate surface area is 168 Å². The number of anilines is 1. The molecule has 2 aromatic rings. The summed E-state index contributed by atoms with van der Waals surface area (Å²) >= 11 is 0. The Morgan fingerprint density at radius 3 is 2.77 bits per heavy atom. The molecule has 30 heavy (non-hydrogen) atoms. The minimum atomic E-state index is -4.47. The molecule has 2 aliphatic heterocycles. The molecule has 2 bridgehead atoms. The maximum Gasteiger partial charge on any atom is 0.417 e. The van der Waals surface area contributed by atoms with Crippen LogP contribution in [-0.4, -0.2) is 45.8 Å². The Morgan fingerprint density at radius 1 is 1.33 bits per heavy atom. The summed E-state index contributed by atoms with van der Waals surface area (Å²) in [6, 6.07) is 3.00.